The van der Waals surface area contributed by atoms with E-state index in [0.29, 0.717) is 66.4 Å². The number of carboxylic acids is 1. The third-order valence-electron chi connectivity index (χ3n) is 11.5. The van der Waals surface area contributed by atoms with Crippen molar-refractivity contribution in [3.05, 3.63) is 115 Å². The molecule has 0 bridgehead atoms. The number of aromatic nitrogens is 2. The summed E-state index contributed by atoms with van der Waals surface area (Å²) in [4.78, 5) is 33.1. The van der Waals surface area contributed by atoms with Crippen molar-refractivity contribution >= 4 is 34.6 Å². The largest absolute Gasteiger partial charge is 0.492 e. The van der Waals surface area contributed by atoms with Gasteiger partial charge in [0.25, 0.3) is 0 Å². The van der Waals surface area contributed by atoms with Crippen LogP contribution < -0.4 is 9.47 Å². The van der Waals surface area contributed by atoms with Crippen molar-refractivity contribution in [2.45, 2.75) is 104 Å². The smallest absolute Gasteiger partial charge is 0.351 e. The molecule has 12 nitrogen and oxygen atoms in total. The van der Waals surface area contributed by atoms with Gasteiger partial charge in [-0.1, -0.05) is 48.2 Å². The summed E-state index contributed by atoms with van der Waals surface area (Å²) in [7, 11) is 1.38. The number of hydrogen-bond donors (Lipinski definition) is 1. The third-order valence-corrected chi connectivity index (χ3v) is 13.3. The maximum Gasteiger partial charge on any atom is 0.351 e. The molecule has 14 heteroatoms. The van der Waals surface area contributed by atoms with E-state index in [1.54, 1.807) is 11.4 Å². The highest BCUT2D eigenvalue weighted by molar-refractivity contribution is 7.12. The van der Waals surface area contributed by atoms with E-state index in [1.165, 1.54) is 40.9 Å². The molecule has 0 amide bonds. The molecule has 0 aliphatic heterocycles. The molecule has 0 radical (unpaired) electrons. The van der Waals surface area contributed by atoms with Gasteiger partial charge in [-0.3, -0.25) is 0 Å². The molecule has 4 aromatic heterocycles. The molecule has 2 saturated carbocycles. The standard InChI is InChI=1S/C25H29NO5S.C24H27NO5S/c1-16-7-9-19(10-8-16)24-26-21(17(2)31-24)15-29-20-6-4-5-18(13-20)14-30-22-11-12-32-23(22)25(27)28-3;1-15-6-8-18(9-7-15)23-25-20(16(2)30-23)14-28-19-5-3-4-17(12-19)13-29-21-10-11-31-22(21)24(26)27/h7-12,18,20H,4-6,13-15H2,1-3H3;6-11,17,19H,3-5,12-14H2,1-2H3,(H,26,27)/t18-,20+;17-,19+/m11/s1. The first-order chi connectivity index (χ1) is 30.5. The molecule has 1 N–H and O–H groups in total. The average Bonchev–Trinajstić information content (AvgIpc) is 4.12. The number of thiophene rings is 2. The van der Waals surface area contributed by atoms with Crippen LogP contribution in [0.3, 0.4) is 0 Å². The maximum atomic E-state index is 11.8. The summed E-state index contributed by atoms with van der Waals surface area (Å²) >= 11 is 2.53. The molecule has 2 aliphatic carbocycles. The van der Waals surface area contributed by atoms with Crippen molar-refractivity contribution in [2.24, 2.45) is 11.8 Å². The lowest BCUT2D eigenvalue weighted by Gasteiger charge is -2.29. The number of oxazole rings is 2. The van der Waals surface area contributed by atoms with Gasteiger partial charge in [-0.25, -0.2) is 19.6 Å². The molecule has 6 aromatic rings. The zero-order valence-electron chi connectivity index (χ0n) is 36.6. The van der Waals surface area contributed by atoms with E-state index < -0.39 is 5.97 Å². The van der Waals surface area contributed by atoms with Crippen LogP contribution in [0, 0.1) is 39.5 Å². The van der Waals surface area contributed by atoms with Crippen LogP contribution in [0.25, 0.3) is 22.9 Å². The minimum atomic E-state index is -0.942. The first-order valence-electron chi connectivity index (χ1n) is 21.5. The predicted molar refractivity (Wildman–Crippen MR) is 242 cm³/mol. The summed E-state index contributed by atoms with van der Waals surface area (Å²) in [6.45, 7) is 9.91. The van der Waals surface area contributed by atoms with Gasteiger partial charge in [0.05, 0.1) is 45.7 Å². The summed E-state index contributed by atoms with van der Waals surface area (Å²) in [5, 5.41) is 12.8. The molecule has 2 aliphatic rings. The van der Waals surface area contributed by atoms with Crippen molar-refractivity contribution < 1.29 is 47.2 Å². The Kier molecular flexibility index (Phi) is 15.9. The SMILES string of the molecule is COC(=O)c1sccc1OC[C@@H]1CCC[C@H](OCc2nc(-c3ccc(C)cc3)oc2C)C1.Cc1ccc(-c2nc(CO[C@H]3CCC[C@@H](COc4ccsc4C(=O)O)C3)c(C)o2)cc1. The number of nitrogens with zero attached hydrogens (tertiary/aromatic N) is 2. The van der Waals surface area contributed by atoms with E-state index in [1.807, 2.05) is 61.7 Å². The lowest BCUT2D eigenvalue weighted by Crippen LogP contribution is -2.26. The Balaban J connectivity index is 0.000000189. The van der Waals surface area contributed by atoms with Crippen LogP contribution >= 0.6 is 22.7 Å². The Hall–Kier alpha value is -5.28. The summed E-state index contributed by atoms with van der Waals surface area (Å²) < 4.78 is 40.7. The number of aryl methyl sites for hydroxylation is 4. The first kappa shape index (κ1) is 45.7. The van der Waals surface area contributed by atoms with Crippen LogP contribution in [0.5, 0.6) is 11.5 Å². The Morgan fingerprint density at radius 1 is 0.651 bits per heavy atom. The molecule has 0 spiro atoms. The van der Waals surface area contributed by atoms with Crippen LogP contribution in [-0.2, 0) is 27.4 Å². The molecule has 2 fully saturated rings. The number of hydrogen-bond acceptors (Lipinski definition) is 13. The maximum absolute atomic E-state index is 11.8. The van der Waals surface area contributed by atoms with E-state index in [2.05, 4.69) is 35.9 Å². The van der Waals surface area contributed by atoms with Crippen molar-refractivity contribution in [1.82, 2.24) is 9.97 Å². The highest BCUT2D eigenvalue weighted by atomic mass is 32.1. The van der Waals surface area contributed by atoms with Gasteiger partial charge in [0, 0.05) is 11.1 Å². The van der Waals surface area contributed by atoms with E-state index >= 15 is 0 Å². The molecular weight excluding hydrogens is 841 g/mol. The topological polar surface area (TPSA) is 153 Å². The number of benzene rings is 2. The van der Waals surface area contributed by atoms with Crippen LogP contribution in [0.4, 0.5) is 0 Å². The first-order valence-corrected chi connectivity index (χ1v) is 23.3. The normalized spacial score (nSPS) is 18.6. The quantitative estimate of drug-likeness (QED) is 0.0920. The van der Waals surface area contributed by atoms with Gasteiger partial charge in [0.1, 0.15) is 34.4 Å². The molecular formula is C49H56N2O10S2. The fourth-order valence-electron chi connectivity index (χ4n) is 7.88. The number of carbonyl (C=O) groups is 2. The Labute approximate surface area is 376 Å². The van der Waals surface area contributed by atoms with Crippen molar-refractivity contribution in [3.63, 3.8) is 0 Å². The highest BCUT2D eigenvalue weighted by Gasteiger charge is 2.27. The Bertz CT molecular complexity index is 2400. The van der Waals surface area contributed by atoms with E-state index in [-0.39, 0.29) is 23.1 Å². The molecule has 8 rings (SSSR count). The number of methoxy groups -OCH3 is 1. The second kappa shape index (κ2) is 21.9. The van der Waals surface area contributed by atoms with Gasteiger partial charge in [-0.05, 0) is 125 Å². The van der Waals surface area contributed by atoms with Gasteiger partial charge < -0.3 is 37.6 Å². The summed E-state index contributed by atoms with van der Waals surface area (Å²) in [5.41, 5.74) is 6.02. The van der Waals surface area contributed by atoms with Gasteiger partial charge in [0.15, 0.2) is 9.75 Å². The molecule has 0 unspecified atom stereocenters. The third kappa shape index (κ3) is 12.5. The lowest BCUT2D eigenvalue weighted by molar-refractivity contribution is -0.00606. The second-order valence-electron chi connectivity index (χ2n) is 16.4. The number of esters is 1. The number of aromatic carboxylic acids is 1. The molecule has 2 aromatic carbocycles. The highest BCUT2D eigenvalue weighted by Crippen LogP contribution is 2.33. The van der Waals surface area contributed by atoms with Gasteiger partial charge in [-0.2, -0.15) is 0 Å². The lowest BCUT2D eigenvalue weighted by atomic mass is 9.88. The number of carbonyl (C=O) groups excluding carboxylic acids is 1. The summed E-state index contributed by atoms with van der Waals surface area (Å²) in [6, 6.07) is 19.8. The van der Waals surface area contributed by atoms with Gasteiger partial charge in [-0.15, -0.1) is 22.7 Å². The van der Waals surface area contributed by atoms with Gasteiger partial charge in [0.2, 0.25) is 11.8 Å². The zero-order valence-corrected chi connectivity index (χ0v) is 38.2. The van der Waals surface area contributed by atoms with Crippen LogP contribution in [0.1, 0.15) is 105 Å². The predicted octanol–water partition coefficient (Wildman–Crippen LogP) is 11.8. The minimum Gasteiger partial charge on any atom is -0.492 e. The average molecular weight is 897 g/mol. The van der Waals surface area contributed by atoms with Crippen molar-refractivity contribution in [3.8, 4) is 34.4 Å². The zero-order chi connectivity index (χ0) is 44.3. The van der Waals surface area contributed by atoms with Crippen molar-refractivity contribution in [1.29, 1.82) is 0 Å². The number of carboxylic acid groups (broad SMARTS) is 1. The molecule has 334 valence electrons. The summed E-state index contributed by atoms with van der Waals surface area (Å²) in [5.74, 6) is 3.34. The van der Waals surface area contributed by atoms with E-state index in [9.17, 15) is 14.7 Å². The fraction of sp³-hybridized carbons (Fsp3) is 0.429. The summed E-state index contributed by atoms with van der Waals surface area (Å²) in [6.07, 6.45) is 8.50. The molecule has 0 saturated heterocycles. The van der Waals surface area contributed by atoms with Crippen LogP contribution in [-0.4, -0.2) is 59.5 Å². The number of rotatable bonds is 16. The van der Waals surface area contributed by atoms with Gasteiger partial charge >= 0.3 is 11.9 Å². The van der Waals surface area contributed by atoms with E-state index in [0.717, 1.165) is 85.4 Å². The number of ether oxygens (including phenoxy) is 5. The van der Waals surface area contributed by atoms with E-state index in [4.69, 9.17) is 32.5 Å². The van der Waals surface area contributed by atoms with Crippen molar-refractivity contribution in [2.75, 3.05) is 20.3 Å². The minimum absolute atomic E-state index is 0.141. The monoisotopic (exact) mass is 896 g/mol. The fourth-order valence-corrected chi connectivity index (χ4v) is 9.30. The molecule has 4 atom stereocenters. The Morgan fingerprint density at radius 3 is 1.54 bits per heavy atom. The second-order valence-corrected chi connectivity index (χ2v) is 18.2. The van der Waals surface area contributed by atoms with Crippen LogP contribution in [0.15, 0.2) is 80.3 Å². The molecule has 63 heavy (non-hydrogen) atoms. The molecule has 4 heterocycles. The van der Waals surface area contributed by atoms with Crippen LogP contribution in [0.2, 0.25) is 0 Å². The Morgan fingerprint density at radius 2 is 1.10 bits per heavy atom.